The number of benzene rings is 1. The third-order valence-corrected chi connectivity index (χ3v) is 13.1. The Morgan fingerprint density at radius 2 is 1.85 bits per heavy atom. The summed E-state index contributed by atoms with van der Waals surface area (Å²) in [6.45, 7) is 6.18. The van der Waals surface area contributed by atoms with Gasteiger partial charge in [-0.15, -0.1) is 0 Å². The molecular formula is C32H43NO8. The summed E-state index contributed by atoms with van der Waals surface area (Å²) in [5.41, 5.74) is -3.71. The minimum atomic E-state index is -1.21. The number of carbonyl (C=O) groups is 1. The molecule has 1 N–H and O–H groups in total. The van der Waals surface area contributed by atoms with Crippen LogP contribution < -0.4 is 0 Å². The minimum absolute atomic E-state index is 0.00686. The van der Waals surface area contributed by atoms with Gasteiger partial charge in [0, 0.05) is 52.0 Å². The standard InChI is InChI=1S/C32H43NO8/c1-6-33-16-28(2)13-12-21(37-4)31-24(28)25(41-26(34)18-10-8-7-9-11-18)32(27(31)33)30(39-17-40-32)15-20(36-3)19-14-29(31,35)23(30)22(19)38-5/h7-11,19-25,27,35H,6,12-17H2,1-5H3/t19-,20+,21+,22+,23+,24-,25+,27+,28+,29+,30-,31-,32+/m1/s1. The lowest BCUT2D eigenvalue weighted by atomic mass is 9.41. The third kappa shape index (κ3) is 2.70. The highest BCUT2D eigenvalue weighted by molar-refractivity contribution is 5.89. The summed E-state index contributed by atoms with van der Waals surface area (Å²) in [7, 11) is 5.24. The Morgan fingerprint density at radius 3 is 2.54 bits per heavy atom. The number of ether oxygens (including phenoxy) is 6. The van der Waals surface area contributed by atoms with Crippen LogP contribution in [0.3, 0.4) is 0 Å². The zero-order valence-electron chi connectivity index (χ0n) is 24.7. The van der Waals surface area contributed by atoms with Crippen molar-refractivity contribution < 1.29 is 38.3 Å². The number of rotatable bonds is 6. The van der Waals surface area contributed by atoms with Crippen molar-refractivity contribution in [3.05, 3.63) is 35.9 Å². The molecule has 9 heteroatoms. The predicted molar refractivity (Wildman–Crippen MR) is 146 cm³/mol. The van der Waals surface area contributed by atoms with E-state index >= 15 is 0 Å². The van der Waals surface area contributed by atoms with Crippen LogP contribution in [-0.2, 0) is 28.4 Å². The molecule has 2 saturated heterocycles. The molecule has 0 amide bonds. The number of hydrogen-bond donors (Lipinski definition) is 1. The molecule has 224 valence electrons. The van der Waals surface area contributed by atoms with Gasteiger partial charge >= 0.3 is 5.97 Å². The van der Waals surface area contributed by atoms with Gasteiger partial charge in [0.15, 0.2) is 5.60 Å². The zero-order chi connectivity index (χ0) is 28.6. The normalized spacial score (nSPS) is 54.2. The van der Waals surface area contributed by atoms with Gasteiger partial charge in [-0.2, -0.15) is 0 Å². The maximum atomic E-state index is 14.0. The average molecular weight is 570 g/mol. The fourth-order valence-corrected chi connectivity index (χ4v) is 12.3. The van der Waals surface area contributed by atoms with Gasteiger partial charge in [0.25, 0.3) is 0 Å². The topological polar surface area (TPSA) is 95.9 Å². The molecule has 1 aromatic carbocycles. The number of piperidine rings is 1. The molecule has 0 radical (unpaired) electrons. The molecule has 1 aromatic rings. The van der Waals surface area contributed by atoms with E-state index in [0.29, 0.717) is 18.4 Å². The van der Waals surface area contributed by atoms with Gasteiger partial charge in [-0.25, -0.2) is 4.79 Å². The molecule has 7 fully saturated rings. The van der Waals surface area contributed by atoms with Crippen molar-refractivity contribution in [2.45, 2.75) is 86.8 Å². The monoisotopic (exact) mass is 569 g/mol. The van der Waals surface area contributed by atoms with E-state index in [1.807, 2.05) is 18.2 Å². The van der Waals surface area contributed by atoms with Crippen LogP contribution in [0.25, 0.3) is 0 Å². The number of hydrogen-bond acceptors (Lipinski definition) is 9. The van der Waals surface area contributed by atoms with Gasteiger partial charge in [-0.1, -0.05) is 32.0 Å². The Morgan fingerprint density at radius 1 is 1.07 bits per heavy atom. The van der Waals surface area contributed by atoms with E-state index in [9.17, 15) is 9.90 Å². The van der Waals surface area contributed by atoms with Crippen LogP contribution in [0.1, 0.15) is 49.9 Å². The van der Waals surface area contributed by atoms with Crippen molar-refractivity contribution in [1.29, 1.82) is 0 Å². The second kappa shape index (κ2) is 8.52. The van der Waals surface area contributed by atoms with Crippen molar-refractivity contribution in [1.82, 2.24) is 4.90 Å². The van der Waals surface area contributed by atoms with Gasteiger partial charge < -0.3 is 33.5 Å². The van der Waals surface area contributed by atoms with Crippen LogP contribution >= 0.6 is 0 Å². The van der Waals surface area contributed by atoms with Crippen molar-refractivity contribution in [2.75, 3.05) is 41.2 Å². The first-order valence-corrected chi connectivity index (χ1v) is 15.3. The lowest BCUT2D eigenvalue weighted by Gasteiger charge is -2.71. The summed E-state index contributed by atoms with van der Waals surface area (Å²) in [6.07, 6.45) is 1.42. The van der Waals surface area contributed by atoms with Gasteiger partial charge in [0.05, 0.1) is 40.9 Å². The van der Waals surface area contributed by atoms with Crippen molar-refractivity contribution >= 4 is 5.97 Å². The number of carbonyl (C=O) groups excluding carboxylic acids is 1. The minimum Gasteiger partial charge on any atom is -0.455 e. The Kier molecular flexibility index (Phi) is 5.61. The van der Waals surface area contributed by atoms with Crippen LogP contribution in [0.5, 0.6) is 0 Å². The number of likely N-dealkylation sites (tertiary alicyclic amines) is 1. The second-order valence-electron chi connectivity index (χ2n) is 14.0. The number of methoxy groups -OCH3 is 3. The Bertz CT molecular complexity index is 1250. The van der Waals surface area contributed by atoms with Gasteiger partial charge in [-0.05, 0) is 43.4 Å². The molecule has 8 rings (SSSR count). The number of aliphatic hydroxyl groups is 1. The first kappa shape index (κ1) is 27.0. The number of esters is 1. The van der Waals surface area contributed by atoms with Crippen LogP contribution in [0, 0.1) is 28.6 Å². The van der Waals surface area contributed by atoms with Crippen molar-refractivity contribution in [3.63, 3.8) is 0 Å². The highest BCUT2D eigenvalue weighted by atomic mass is 16.7. The van der Waals surface area contributed by atoms with E-state index in [-0.39, 0.29) is 60.3 Å². The highest BCUT2D eigenvalue weighted by Gasteiger charge is 2.97. The molecular weight excluding hydrogens is 526 g/mol. The molecule has 0 aromatic heterocycles. The first-order chi connectivity index (χ1) is 19.7. The van der Waals surface area contributed by atoms with Crippen LogP contribution in [-0.4, -0.2) is 104 Å². The molecule has 7 aliphatic rings. The molecule has 7 bridgehead atoms. The van der Waals surface area contributed by atoms with Crippen molar-refractivity contribution in [3.8, 4) is 0 Å². The average Bonchev–Trinajstić information content (AvgIpc) is 3.54. The van der Waals surface area contributed by atoms with Gasteiger partial charge in [0.2, 0.25) is 0 Å². The van der Waals surface area contributed by atoms with Crippen LogP contribution in [0.15, 0.2) is 30.3 Å². The summed E-state index contributed by atoms with van der Waals surface area (Å²) in [5, 5.41) is 13.6. The number of nitrogens with zero attached hydrogens (tertiary/aromatic N) is 1. The maximum absolute atomic E-state index is 14.0. The van der Waals surface area contributed by atoms with Gasteiger partial charge in [-0.3, -0.25) is 4.90 Å². The fourth-order valence-electron chi connectivity index (χ4n) is 12.3. The molecule has 13 atom stereocenters. The van der Waals surface area contributed by atoms with E-state index in [1.165, 1.54) is 0 Å². The predicted octanol–water partition coefficient (Wildman–Crippen LogP) is 2.64. The van der Waals surface area contributed by atoms with Crippen LogP contribution in [0.4, 0.5) is 0 Å². The molecule has 3 spiro atoms. The summed E-state index contributed by atoms with van der Waals surface area (Å²) in [6, 6.07) is 8.92. The van der Waals surface area contributed by atoms with E-state index in [2.05, 4.69) is 18.7 Å². The van der Waals surface area contributed by atoms with E-state index < -0.39 is 28.3 Å². The molecule has 0 unspecified atom stereocenters. The summed E-state index contributed by atoms with van der Waals surface area (Å²) >= 11 is 0. The quantitative estimate of drug-likeness (QED) is 0.519. The third-order valence-electron chi connectivity index (χ3n) is 13.1. The Balaban J connectivity index is 1.44. The molecule has 9 nitrogen and oxygen atoms in total. The van der Waals surface area contributed by atoms with E-state index in [1.54, 1.807) is 33.5 Å². The number of fused-ring (bicyclic) bond motifs is 1. The second-order valence-corrected chi connectivity index (χ2v) is 14.0. The molecule has 41 heavy (non-hydrogen) atoms. The van der Waals surface area contributed by atoms with Crippen LogP contribution in [0.2, 0.25) is 0 Å². The molecule has 2 aliphatic heterocycles. The lowest BCUT2D eigenvalue weighted by Crippen LogP contribution is -2.85. The SMILES string of the molecule is CCN1C[C@]2(C)CC[C@H](OC)[C@]34[C@@H]2[C@H](OC(=O)c2ccccc2)[C@]2(OCO[C@@]25C[C@H](OC)[C@H]2C[C@]3(O)[C@@H]5[C@H]2OC)[C@@H]14. The Labute approximate surface area is 241 Å². The first-order valence-electron chi connectivity index (χ1n) is 15.3. The number of likely N-dealkylation sites (N-methyl/N-ethyl adjacent to an activating group) is 1. The molecule has 5 aliphatic carbocycles. The maximum Gasteiger partial charge on any atom is 0.338 e. The van der Waals surface area contributed by atoms with E-state index in [0.717, 1.165) is 25.9 Å². The van der Waals surface area contributed by atoms with E-state index in [4.69, 9.17) is 28.4 Å². The zero-order valence-corrected chi connectivity index (χ0v) is 24.7. The molecule has 2 heterocycles. The fraction of sp³-hybridized carbons (Fsp3) is 0.781. The van der Waals surface area contributed by atoms with Crippen molar-refractivity contribution in [2.24, 2.45) is 28.6 Å². The summed E-state index contributed by atoms with van der Waals surface area (Å²) in [4.78, 5) is 16.5. The highest BCUT2D eigenvalue weighted by Crippen LogP contribution is 2.83. The van der Waals surface area contributed by atoms with Gasteiger partial charge in [0.1, 0.15) is 18.5 Å². The summed E-state index contributed by atoms with van der Waals surface area (Å²) in [5.74, 6) is -0.941. The smallest absolute Gasteiger partial charge is 0.338 e. The summed E-state index contributed by atoms with van der Waals surface area (Å²) < 4.78 is 39.5. The Hall–Kier alpha value is -1.59. The largest absolute Gasteiger partial charge is 0.455 e. The molecule has 5 saturated carbocycles. The lowest BCUT2D eigenvalue weighted by molar-refractivity contribution is -0.332.